The fourth-order valence-corrected chi connectivity index (χ4v) is 3.67. The minimum atomic E-state index is -1.86. The molecule has 1 fully saturated rings. The molecule has 6 heteroatoms. The third-order valence-corrected chi connectivity index (χ3v) is 9.20. The summed E-state index contributed by atoms with van der Waals surface area (Å²) in [4.78, 5) is 12.0. The van der Waals surface area contributed by atoms with Gasteiger partial charge in [0, 0.05) is 5.54 Å². The van der Waals surface area contributed by atoms with Gasteiger partial charge in [0.1, 0.15) is 6.10 Å². The highest BCUT2D eigenvalue weighted by Gasteiger charge is 2.42. The molecule has 0 saturated heterocycles. The molecule has 1 amide bonds. The molecule has 136 valence electrons. The summed E-state index contributed by atoms with van der Waals surface area (Å²) in [5, 5.41) is 0.158. The lowest BCUT2D eigenvalue weighted by molar-refractivity contribution is -0.0164. The van der Waals surface area contributed by atoms with Gasteiger partial charge in [-0.25, -0.2) is 10.2 Å². The maximum absolute atomic E-state index is 12.0. The predicted molar refractivity (Wildman–Crippen MR) is 96.8 cm³/mol. The first-order valence-corrected chi connectivity index (χ1v) is 11.6. The number of carbonyl (C=O) groups excluding carboxylic acids is 1. The van der Waals surface area contributed by atoms with E-state index < -0.39 is 14.4 Å². The lowest BCUT2D eigenvalue weighted by Gasteiger charge is -2.42. The summed E-state index contributed by atoms with van der Waals surface area (Å²) in [6.07, 6.45) is 3.52. The molecule has 0 spiro atoms. The molecule has 0 bridgehead atoms. The summed E-state index contributed by atoms with van der Waals surface area (Å²) in [5.41, 5.74) is 5.38. The molecule has 0 aliphatic heterocycles. The SMILES string of the molecule is CC(C)(C)NNC(=O)OC1CCCCC1O[Si](C)(C)C(C)(C)C. The molecular formula is C17H36N2O3Si. The Morgan fingerprint density at radius 3 is 2.00 bits per heavy atom. The Kier molecular flexibility index (Phi) is 6.70. The molecule has 5 nitrogen and oxygen atoms in total. The summed E-state index contributed by atoms with van der Waals surface area (Å²) >= 11 is 0. The van der Waals surface area contributed by atoms with Gasteiger partial charge in [-0.15, -0.1) is 0 Å². The molecule has 2 unspecified atom stereocenters. The van der Waals surface area contributed by atoms with E-state index in [4.69, 9.17) is 9.16 Å². The van der Waals surface area contributed by atoms with Gasteiger partial charge in [-0.3, -0.25) is 5.43 Å². The van der Waals surface area contributed by atoms with Gasteiger partial charge in [0.25, 0.3) is 0 Å². The van der Waals surface area contributed by atoms with Crippen LogP contribution in [-0.4, -0.2) is 32.2 Å². The third-order valence-electron chi connectivity index (χ3n) is 4.69. The molecule has 1 rings (SSSR count). The summed E-state index contributed by atoms with van der Waals surface area (Å²) in [5.74, 6) is 0. The normalized spacial score (nSPS) is 23.5. The van der Waals surface area contributed by atoms with Crippen molar-refractivity contribution in [2.24, 2.45) is 0 Å². The van der Waals surface area contributed by atoms with Crippen LogP contribution in [0.2, 0.25) is 18.1 Å². The van der Waals surface area contributed by atoms with Crippen molar-refractivity contribution in [1.82, 2.24) is 10.9 Å². The van der Waals surface area contributed by atoms with Crippen LogP contribution in [0.3, 0.4) is 0 Å². The summed E-state index contributed by atoms with van der Waals surface area (Å²) in [6, 6.07) is 0. The molecule has 0 aromatic heterocycles. The standard InChI is InChI=1S/C17H36N2O3Si/c1-16(2,3)19-18-15(20)21-13-11-9-10-12-14(13)22-23(7,8)17(4,5)6/h13-14,19H,9-12H2,1-8H3,(H,18,20). The van der Waals surface area contributed by atoms with E-state index in [0.717, 1.165) is 25.7 Å². The molecule has 0 aromatic carbocycles. The first kappa shape index (κ1) is 20.5. The van der Waals surface area contributed by atoms with Crippen LogP contribution in [0.15, 0.2) is 0 Å². The molecule has 2 atom stereocenters. The largest absolute Gasteiger partial charge is 0.443 e. The second-order valence-electron chi connectivity index (χ2n) is 9.14. The molecule has 1 aliphatic carbocycles. The van der Waals surface area contributed by atoms with E-state index in [2.05, 4.69) is 44.7 Å². The molecule has 0 radical (unpaired) electrons. The zero-order valence-corrected chi connectivity index (χ0v) is 17.2. The van der Waals surface area contributed by atoms with E-state index in [1.165, 1.54) is 0 Å². The van der Waals surface area contributed by atoms with Crippen LogP contribution < -0.4 is 10.9 Å². The Morgan fingerprint density at radius 1 is 1.00 bits per heavy atom. The van der Waals surface area contributed by atoms with Crippen LogP contribution in [0.4, 0.5) is 4.79 Å². The van der Waals surface area contributed by atoms with Crippen molar-refractivity contribution < 1.29 is 14.0 Å². The molecule has 0 aromatic rings. The Morgan fingerprint density at radius 2 is 1.52 bits per heavy atom. The molecule has 0 heterocycles. The second kappa shape index (κ2) is 7.53. The monoisotopic (exact) mass is 344 g/mol. The number of hydrogen-bond donors (Lipinski definition) is 2. The predicted octanol–water partition coefficient (Wildman–Crippen LogP) is 4.35. The van der Waals surface area contributed by atoms with Crippen molar-refractivity contribution >= 4 is 14.4 Å². The highest BCUT2D eigenvalue weighted by molar-refractivity contribution is 6.74. The minimum absolute atomic E-state index is 0.0185. The van der Waals surface area contributed by atoms with Gasteiger partial charge < -0.3 is 9.16 Å². The van der Waals surface area contributed by atoms with Crippen LogP contribution in [0.25, 0.3) is 0 Å². The van der Waals surface area contributed by atoms with Gasteiger partial charge in [0.15, 0.2) is 8.32 Å². The molecule has 2 N–H and O–H groups in total. The van der Waals surface area contributed by atoms with Crippen molar-refractivity contribution in [2.45, 2.75) is 103 Å². The van der Waals surface area contributed by atoms with Gasteiger partial charge in [-0.2, -0.15) is 0 Å². The van der Waals surface area contributed by atoms with E-state index in [0.29, 0.717) is 0 Å². The van der Waals surface area contributed by atoms with Gasteiger partial charge in [0.05, 0.1) is 6.10 Å². The fourth-order valence-electron chi connectivity index (χ4n) is 2.29. The zero-order valence-electron chi connectivity index (χ0n) is 16.2. The first-order chi connectivity index (χ1) is 10.3. The van der Waals surface area contributed by atoms with Crippen LogP contribution in [-0.2, 0) is 9.16 Å². The van der Waals surface area contributed by atoms with Crippen LogP contribution in [0.5, 0.6) is 0 Å². The Labute approximate surface area is 143 Å². The van der Waals surface area contributed by atoms with Crippen LogP contribution in [0, 0.1) is 0 Å². The van der Waals surface area contributed by atoms with Crippen LogP contribution in [0.1, 0.15) is 67.2 Å². The number of nitrogens with one attached hydrogen (secondary N) is 2. The Balaban J connectivity index is 2.63. The third kappa shape index (κ3) is 6.81. The van der Waals surface area contributed by atoms with Crippen molar-refractivity contribution in [2.75, 3.05) is 0 Å². The maximum Gasteiger partial charge on any atom is 0.421 e. The molecule has 1 saturated carbocycles. The van der Waals surface area contributed by atoms with Crippen LogP contribution >= 0.6 is 0 Å². The zero-order chi connectivity index (χ0) is 17.9. The van der Waals surface area contributed by atoms with Crippen molar-refractivity contribution in [3.8, 4) is 0 Å². The second-order valence-corrected chi connectivity index (χ2v) is 13.9. The van der Waals surface area contributed by atoms with E-state index >= 15 is 0 Å². The number of carbonyl (C=O) groups is 1. The Bertz CT molecular complexity index is 400. The van der Waals surface area contributed by atoms with Crippen molar-refractivity contribution in [3.05, 3.63) is 0 Å². The molecule has 23 heavy (non-hydrogen) atoms. The minimum Gasteiger partial charge on any atom is -0.443 e. The average molecular weight is 345 g/mol. The quantitative estimate of drug-likeness (QED) is 0.588. The van der Waals surface area contributed by atoms with E-state index in [1.807, 2.05) is 20.8 Å². The number of ether oxygens (including phenoxy) is 1. The van der Waals surface area contributed by atoms with E-state index in [9.17, 15) is 4.79 Å². The smallest absolute Gasteiger partial charge is 0.421 e. The van der Waals surface area contributed by atoms with Crippen molar-refractivity contribution in [1.29, 1.82) is 0 Å². The van der Waals surface area contributed by atoms with Gasteiger partial charge in [-0.05, 0) is 58.2 Å². The van der Waals surface area contributed by atoms with Gasteiger partial charge in [0.2, 0.25) is 0 Å². The van der Waals surface area contributed by atoms with Gasteiger partial charge >= 0.3 is 6.09 Å². The number of hydrogen-bond acceptors (Lipinski definition) is 4. The number of hydrazine groups is 1. The maximum atomic E-state index is 12.0. The fraction of sp³-hybridized carbons (Fsp3) is 0.941. The summed E-state index contributed by atoms with van der Waals surface area (Å²) in [7, 11) is -1.86. The highest BCUT2D eigenvalue weighted by Crippen LogP contribution is 2.39. The molecular weight excluding hydrogens is 308 g/mol. The van der Waals surface area contributed by atoms with E-state index in [-0.39, 0.29) is 22.8 Å². The van der Waals surface area contributed by atoms with Gasteiger partial charge in [-0.1, -0.05) is 27.2 Å². The number of amides is 1. The Hall–Kier alpha value is -0.593. The van der Waals surface area contributed by atoms with E-state index in [1.54, 1.807) is 0 Å². The average Bonchev–Trinajstić information content (AvgIpc) is 2.36. The lowest BCUT2D eigenvalue weighted by atomic mass is 9.95. The summed E-state index contributed by atoms with van der Waals surface area (Å²) < 4.78 is 12.2. The lowest BCUT2D eigenvalue weighted by Crippen LogP contribution is -2.52. The first-order valence-electron chi connectivity index (χ1n) is 8.73. The topological polar surface area (TPSA) is 59.6 Å². The van der Waals surface area contributed by atoms with Crippen molar-refractivity contribution in [3.63, 3.8) is 0 Å². The summed E-state index contributed by atoms with van der Waals surface area (Å²) in [6.45, 7) is 17.2. The number of rotatable bonds is 4. The highest BCUT2D eigenvalue weighted by atomic mass is 28.4. The molecule has 1 aliphatic rings.